The molecule has 352 valence electrons. The highest BCUT2D eigenvalue weighted by atomic mass is 16.7. The van der Waals surface area contributed by atoms with E-state index in [-0.39, 0.29) is 76.5 Å². The van der Waals surface area contributed by atoms with Gasteiger partial charge in [-0.05, 0) is 116 Å². The standard InChI is InChI=1S/C54H72N2O9/c1-4-30-62-54-50(56(26-31-61-32-29-59)51(60)25-21-40-14-8-9-15-40)36-48(55-63-37-41-16-6-5-7-17-41)46-34-42(18-10-12-27-57)45(19-11-13-28-58)52(53(46)54)47-35-44(23-24-49(47)65-54)64-43-22-20-38(2)39(3)33-43/h4-7,16-17,20,22-24,33-35,40,42,45,50,52-53,57-59H,1,8-15,18-19,21,25-32,36-37H2,2-3H3. The fourth-order valence-corrected chi connectivity index (χ4v) is 10.9. The van der Waals surface area contributed by atoms with Crippen LogP contribution in [0.5, 0.6) is 17.2 Å². The predicted molar refractivity (Wildman–Crippen MR) is 253 cm³/mol. The number of ether oxygens (including phenoxy) is 4. The highest BCUT2D eigenvalue weighted by Gasteiger charge is 2.65. The molecule has 0 saturated heterocycles. The van der Waals surface area contributed by atoms with Crippen molar-refractivity contribution in [1.82, 2.24) is 4.90 Å². The molecule has 1 aliphatic heterocycles. The second-order valence-electron chi connectivity index (χ2n) is 18.5. The molecule has 6 atom stereocenters. The molecule has 3 N–H and O–H groups in total. The first-order valence-corrected chi connectivity index (χ1v) is 24.3. The molecule has 2 fully saturated rings. The fourth-order valence-electron chi connectivity index (χ4n) is 10.9. The molecule has 4 aliphatic rings. The molecule has 3 aliphatic carbocycles. The molecule has 65 heavy (non-hydrogen) atoms. The zero-order valence-corrected chi connectivity index (χ0v) is 38.7. The van der Waals surface area contributed by atoms with E-state index in [9.17, 15) is 20.1 Å². The van der Waals surface area contributed by atoms with Gasteiger partial charge in [0.2, 0.25) is 11.7 Å². The van der Waals surface area contributed by atoms with Gasteiger partial charge in [-0.15, -0.1) is 6.58 Å². The second-order valence-corrected chi connectivity index (χ2v) is 18.5. The van der Waals surface area contributed by atoms with Gasteiger partial charge in [-0.1, -0.05) is 92.2 Å². The Hall–Kier alpha value is -4.52. The van der Waals surface area contributed by atoms with Gasteiger partial charge in [-0.2, -0.15) is 0 Å². The van der Waals surface area contributed by atoms with Crippen LogP contribution >= 0.6 is 0 Å². The highest BCUT2D eigenvalue weighted by molar-refractivity contribution is 6.03. The molecule has 0 radical (unpaired) electrons. The number of benzene rings is 3. The van der Waals surface area contributed by atoms with Gasteiger partial charge in [0.1, 0.15) is 29.9 Å². The monoisotopic (exact) mass is 893 g/mol. The van der Waals surface area contributed by atoms with Crippen molar-refractivity contribution in [2.45, 2.75) is 122 Å². The van der Waals surface area contributed by atoms with Crippen molar-refractivity contribution in [3.05, 3.63) is 113 Å². The maximum absolute atomic E-state index is 15.0. The topological polar surface area (TPSA) is 140 Å². The van der Waals surface area contributed by atoms with Gasteiger partial charge in [0.05, 0.1) is 38.1 Å². The molecule has 2 saturated carbocycles. The second kappa shape index (κ2) is 23.8. The lowest BCUT2D eigenvalue weighted by Crippen LogP contribution is -2.70. The molecule has 1 heterocycles. The summed E-state index contributed by atoms with van der Waals surface area (Å²) in [6.07, 6.45) is 15.0. The van der Waals surface area contributed by atoms with Gasteiger partial charge in [0.15, 0.2) is 0 Å². The Morgan fingerprint density at radius 3 is 2.38 bits per heavy atom. The van der Waals surface area contributed by atoms with E-state index in [1.54, 1.807) is 6.08 Å². The fraction of sp³-hybridized carbons (Fsp3) is 0.556. The normalized spacial score (nSPS) is 24.2. The number of hydrogen-bond donors (Lipinski definition) is 3. The number of carbonyl (C=O) groups excluding carboxylic acids is 1. The summed E-state index contributed by atoms with van der Waals surface area (Å²) in [6.45, 7) is 9.46. The Morgan fingerprint density at radius 1 is 0.892 bits per heavy atom. The van der Waals surface area contributed by atoms with Gasteiger partial charge in [0, 0.05) is 44.1 Å². The number of amides is 1. The van der Waals surface area contributed by atoms with E-state index in [1.165, 1.54) is 18.4 Å². The maximum atomic E-state index is 15.0. The molecular formula is C54H72N2O9. The number of carbonyl (C=O) groups is 1. The lowest BCUT2D eigenvalue weighted by atomic mass is 9.55. The van der Waals surface area contributed by atoms with E-state index in [0.29, 0.717) is 43.1 Å². The zero-order valence-electron chi connectivity index (χ0n) is 38.7. The first kappa shape index (κ1) is 48.4. The largest absolute Gasteiger partial charge is 0.459 e. The van der Waals surface area contributed by atoms with E-state index < -0.39 is 17.7 Å². The quantitative estimate of drug-likeness (QED) is 0.0431. The molecule has 0 aromatic heterocycles. The van der Waals surface area contributed by atoms with E-state index in [2.05, 4.69) is 44.7 Å². The number of oxime groups is 1. The smallest absolute Gasteiger partial charge is 0.239 e. The number of rotatable bonds is 25. The number of nitrogens with zero attached hydrogens (tertiary/aromatic N) is 2. The SMILES string of the molecule is C=CCOC12Oc3ccc(Oc4ccc(C)c(C)c4)cc3C3C(CCCCO)C(CCCCO)C=C(C(=NOCc4ccccc4)CC1N(CCOCCO)C(=O)CCC1CCCC1)C32. The van der Waals surface area contributed by atoms with Crippen molar-refractivity contribution in [3.8, 4) is 17.2 Å². The van der Waals surface area contributed by atoms with Crippen LogP contribution in [-0.2, 0) is 25.7 Å². The number of allylic oxidation sites excluding steroid dienone is 1. The first-order valence-electron chi connectivity index (χ1n) is 24.3. The van der Waals surface area contributed by atoms with E-state index >= 15 is 0 Å². The number of hydrogen-bond acceptors (Lipinski definition) is 10. The van der Waals surface area contributed by atoms with Gasteiger partial charge < -0.3 is 44.0 Å². The molecule has 0 bridgehead atoms. The molecule has 11 nitrogen and oxygen atoms in total. The van der Waals surface area contributed by atoms with E-state index in [0.717, 1.165) is 78.7 Å². The summed E-state index contributed by atoms with van der Waals surface area (Å²) in [5.41, 5.74) is 6.05. The maximum Gasteiger partial charge on any atom is 0.239 e. The van der Waals surface area contributed by atoms with Crippen molar-refractivity contribution in [2.24, 2.45) is 28.8 Å². The summed E-state index contributed by atoms with van der Waals surface area (Å²) in [4.78, 5) is 23.2. The van der Waals surface area contributed by atoms with Crippen LogP contribution in [0.15, 0.2) is 96.2 Å². The first-order chi connectivity index (χ1) is 31.8. The van der Waals surface area contributed by atoms with Crippen LogP contribution in [0, 0.1) is 37.5 Å². The van der Waals surface area contributed by atoms with Crippen LogP contribution in [0.3, 0.4) is 0 Å². The Balaban J connectivity index is 1.41. The van der Waals surface area contributed by atoms with Crippen molar-refractivity contribution < 1.29 is 43.9 Å². The highest BCUT2D eigenvalue weighted by Crippen LogP contribution is 2.62. The van der Waals surface area contributed by atoms with Gasteiger partial charge >= 0.3 is 0 Å². The van der Waals surface area contributed by atoms with Gasteiger partial charge in [-0.25, -0.2) is 0 Å². The van der Waals surface area contributed by atoms with Crippen molar-refractivity contribution in [1.29, 1.82) is 0 Å². The minimum absolute atomic E-state index is 0.00771. The van der Waals surface area contributed by atoms with E-state index in [1.807, 2.05) is 53.4 Å². The summed E-state index contributed by atoms with van der Waals surface area (Å²) in [6, 6.07) is 21.5. The Morgan fingerprint density at radius 2 is 1.65 bits per heavy atom. The molecule has 11 heteroatoms. The summed E-state index contributed by atoms with van der Waals surface area (Å²) < 4.78 is 27.2. The summed E-state index contributed by atoms with van der Waals surface area (Å²) >= 11 is 0. The van der Waals surface area contributed by atoms with Crippen LogP contribution < -0.4 is 9.47 Å². The third-order valence-electron chi connectivity index (χ3n) is 14.3. The van der Waals surface area contributed by atoms with Crippen LogP contribution in [0.4, 0.5) is 0 Å². The number of aliphatic hydroxyl groups is 3. The Kier molecular flexibility index (Phi) is 17.7. The zero-order chi connectivity index (χ0) is 45.6. The average molecular weight is 893 g/mol. The van der Waals surface area contributed by atoms with Gasteiger partial charge in [-0.3, -0.25) is 4.79 Å². The minimum Gasteiger partial charge on any atom is -0.459 e. The number of aliphatic hydroxyl groups excluding tert-OH is 3. The third kappa shape index (κ3) is 11.7. The molecular weight excluding hydrogens is 821 g/mol. The van der Waals surface area contributed by atoms with Crippen LogP contribution in [-0.4, -0.2) is 89.9 Å². The lowest BCUT2D eigenvalue weighted by molar-refractivity contribution is -0.258. The molecule has 1 amide bonds. The predicted octanol–water partition coefficient (Wildman–Crippen LogP) is 9.74. The van der Waals surface area contributed by atoms with E-state index in [4.69, 9.17) is 28.9 Å². The van der Waals surface area contributed by atoms with Crippen LogP contribution in [0.25, 0.3) is 0 Å². The number of fused-ring (bicyclic) bond motifs is 2. The third-order valence-corrected chi connectivity index (χ3v) is 14.3. The summed E-state index contributed by atoms with van der Waals surface area (Å²) in [7, 11) is 0. The average Bonchev–Trinajstić information content (AvgIpc) is 3.85. The summed E-state index contributed by atoms with van der Waals surface area (Å²) in [5.74, 6) is 0.795. The minimum atomic E-state index is -1.38. The van der Waals surface area contributed by atoms with Gasteiger partial charge in [0.25, 0.3) is 0 Å². The van der Waals surface area contributed by atoms with Crippen molar-refractivity contribution in [3.63, 3.8) is 0 Å². The lowest BCUT2D eigenvalue weighted by Gasteiger charge is -2.60. The number of aryl methyl sites for hydroxylation is 2. The summed E-state index contributed by atoms with van der Waals surface area (Å²) in [5, 5.41) is 34.7. The Labute approximate surface area is 386 Å². The molecule has 7 rings (SSSR count). The van der Waals surface area contributed by atoms with Crippen LogP contribution in [0.2, 0.25) is 0 Å². The van der Waals surface area contributed by atoms with Crippen molar-refractivity contribution >= 4 is 11.6 Å². The van der Waals surface area contributed by atoms with Crippen molar-refractivity contribution in [2.75, 3.05) is 46.2 Å². The molecule has 6 unspecified atom stereocenters. The molecule has 3 aromatic carbocycles. The molecule has 3 aromatic rings. The molecule has 0 spiro atoms. The Bertz CT molecular complexity index is 2070. The van der Waals surface area contributed by atoms with Crippen LogP contribution in [0.1, 0.15) is 112 Å². The number of unbranched alkanes of at least 4 members (excludes halogenated alkanes) is 2.